The molecule has 0 saturated heterocycles. The summed E-state index contributed by atoms with van der Waals surface area (Å²) in [5.41, 5.74) is 0.366. The minimum atomic E-state index is -0.0803. The molecular formula is C15H26N2O2. The van der Waals surface area contributed by atoms with Gasteiger partial charge in [0.25, 0.3) is 0 Å². The molecule has 0 bridgehead atoms. The van der Waals surface area contributed by atoms with Crippen molar-refractivity contribution in [2.45, 2.75) is 45.6 Å². The molecule has 2 rings (SSSR count). The Morgan fingerprint density at radius 3 is 2.68 bits per heavy atom. The van der Waals surface area contributed by atoms with Gasteiger partial charge in [0.2, 0.25) is 0 Å². The number of carbonyl (C=O) groups is 1. The Bertz CT molecular complexity index is 348. The zero-order valence-corrected chi connectivity index (χ0v) is 12.0. The molecule has 0 aromatic rings. The molecule has 0 aliphatic heterocycles. The number of rotatable bonds is 6. The van der Waals surface area contributed by atoms with Crippen molar-refractivity contribution in [2.24, 2.45) is 17.3 Å². The molecule has 3 N–H and O–H groups in total. The lowest BCUT2D eigenvalue weighted by atomic mass is 9.94. The van der Waals surface area contributed by atoms with Crippen LogP contribution >= 0.6 is 0 Å². The molecule has 0 radical (unpaired) electrons. The zero-order valence-electron chi connectivity index (χ0n) is 12.0. The van der Waals surface area contributed by atoms with Gasteiger partial charge in [0.1, 0.15) is 0 Å². The van der Waals surface area contributed by atoms with E-state index in [1.807, 2.05) is 12.2 Å². The summed E-state index contributed by atoms with van der Waals surface area (Å²) < 4.78 is 0. The Morgan fingerprint density at radius 2 is 2.16 bits per heavy atom. The Morgan fingerprint density at radius 1 is 1.42 bits per heavy atom. The van der Waals surface area contributed by atoms with Crippen LogP contribution in [0.2, 0.25) is 0 Å². The van der Waals surface area contributed by atoms with E-state index in [2.05, 4.69) is 24.5 Å². The molecule has 19 heavy (non-hydrogen) atoms. The normalized spacial score (nSPS) is 27.6. The molecular weight excluding hydrogens is 240 g/mol. The van der Waals surface area contributed by atoms with E-state index in [9.17, 15) is 4.79 Å². The maximum atomic E-state index is 11.8. The number of carbonyl (C=O) groups excluding carboxylic acids is 1. The Kier molecular flexibility index (Phi) is 4.50. The van der Waals surface area contributed by atoms with E-state index in [-0.39, 0.29) is 24.6 Å². The van der Waals surface area contributed by atoms with Crippen LogP contribution in [0.25, 0.3) is 0 Å². The molecule has 1 saturated carbocycles. The van der Waals surface area contributed by atoms with Gasteiger partial charge < -0.3 is 15.7 Å². The van der Waals surface area contributed by atoms with Crippen molar-refractivity contribution < 1.29 is 9.90 Å². The summed E-state index contributed by atoms with van der Waals surface area (Å²) >= 11 is 0. The van der Waals surface area contributed by atoms with Crippen LogP contribution in [0.5, 0.6) is 0 Å². The van der Waals surface area contributed by atoms with E-state index in [0.717, 1.165) is 13.0 Å². The summed E-state index contributed by atoms with van der Waals surface area (Å²) in [5, 5.41) is 15.0. The van der Waals surface area contributed by atoms with Crippen LogP contribution in [-0.4, -0.2) is 30.3 Å². The molecule has 2 aliphatic carbocycles. The van der Waals surface area contributed by atoms with Crippen molar-refractivity contribution in [1.82, 2.24) is 10.6 Å². The van der Waals surface area contributed by atoms with Crippen LogP contribution in [0.4, 0.5) is 4.79 Å². The Hall–Kier alpha value is -1.03. The molecule has 0 heterocycles. The van der Waals surface area contributed by atoms with Crippen molar-refractivity contribution >= 4 is 6.03 Å². The number of urea groups is 1. The summed E-state index contributed by atoms with van der Waals surface area (Å²) in [6.45, 7) is 5.42. The highest BCUT2D eigenvalue weighted by Crippen LogP contribution is 2.49. The van der Waals surface area contributed by atoms with Crippen molar-refractivity contribution in [3.63, 3.8) is 0 Å². The Labute approximate surface area is 115 Å². The third-order valence-electron chi connectivity index (χ3n) is 4.15. The minimum Gasteiger partial charge on any atom is -0.396 e. The monoisotopic (exact) mass is 266 g/mol. The van der Waals surface area contributed by atoms with Crippen LogP contribution in [0.3, 0.4) is 0 Å². The maximum absolute atomic E-state index is 11.8. The summed E-state index contributed by atoms with van der Waals surface area (Å²) in [4.78, 5) is 11.8. The lowest BCUT2D eigenvalue weighted by Gasteiger charge is -2.19. The van der Waals surface area contributed by atoms with Gasteiger partial charge in [0.05, 0.1) is 0 Å². The van der Waals surface area contributed by atoms with Gasteiger partial charge in [-0.3, -0.25) is 0 Å². The molecule has 108 valence electrons. The van der Waals surface area contributed by atoms with Crippen molar-refractivity contribution in [3.05, 3.63) is 12.2 Å². The fraction of sp³-hybridized carbons (Fsp3) is 0.800. The molecule has 0 spiro atoms. The first kappa shape index (κ1) is 14.4. The van der Waals surface area contributed by atoms with Crippen LogP contribution in [-0.2, 0) is 0 Å². The van der Waals surface area contributed by atoms with Crippen LogP contribution in [0, 0.1) is 17.3 Å². The standard InChI is InChI=1S/C15H26N2O2/c1-11(2)8-15(5-6-15)10-16-14(19)17-13-4-3-12(7-13)9-18/h3-4,11-13,18H,5-10H2,1-2H3,(H2,16,17,19)/t12-,13+/m0/s1. The third-order valence-corrected chi connectivity index (χ3v) is 4.15. The summed E-state index contributed by atoms with van der Waals surface area (Å²) in [7, 11) is 0. The fourth-order valence-electron chi connectivity index (χ4n) is 3.00. The lowest BCUT2D eigenvalue weighted by molar-refractivity contribution is 0.228. The van der Waals surface area contributed by atoms with Gasteiger partial charge in [0.15, 0.2) is 0 Å². The maximum Gasteiger partial charge on any atom is 0.315 e. The summed E-state index contributed by atoms with van der Waals surface area (Å²) in [6, 6.07) is -0.0133. The second-order valence-corrected chi connectivity index (χ2v) is 6.59. The topological polar surface area (TPSA) is 61.4 Å². The molecule has 0 aromatic heterocycles. The van der Waals surface area contributed by atoms with Crippen LogP contribution in [0.15, 0.2) is 12.2 Å². The van der Waals surface area contributed by atoms with Gasteiger partial charge >= 0.3 is 6.03 Å². The van der Waals surface area contributed by atoms with E-state index in [1.165, 1.54) is 19.3 Å². The molecule has 2 aliphatic rings. The third kappa shape index (κ3) is 4.23. The largest absolute Gasteiger partial charge is 0.396 e. The van der Waals surface area contributed by atoms with Crippen molar-refractivity contribution in [3.8, 4) is 0 Å². The van der Waals surface area contributed by atoms with Crippen LogP contribution in [0.1, 0.15) is 39.5 Å². The van der Waals surface area contributed by atoms with E-state index >= 15 is 0 Å². The molecule has 2 amide bonds. The molecule has 2 atom stereocenters. The second-order valence-electron chi connectivity index (χ2n) is 6.59. The van der Waals surface area contributed by atoms with Gasteiger partial charge in [-0.25, -0.2) is 4.79 Å². The highest BCUT2D eigenvalue weighted by Gasteiger charge is 2.42. The SMILES string of the molecule is CC(C)CC1(CNC(=O)N[C@@H]2C=C[C@H](CO)C2)CC1. The highest BCUT2D eigenvalue weighted by molar-refractivity contribution is 5.74. The highest BCUT2D eigenvalue weighted by atomic mass is 16.3. The first-order valence-electron chi connectivity index (χ1n) is 7.36. The van der Waals surface area contributed by atoms with Crippen molar-refractivity contribution in [1.29, 1.82) is 0 Å². The average molecular weight is 266 g/mol. The number of hydrogen-bond acceptors (Lipinski definition) is 2. The molecule has 1 fully saturated rings. The van der Waals surface area contributed by atoms with E-state index in [1.54, 1.807) is 0 Å². The van der Waals surface area contributed by atoms with Crippen molar-refractivity contribution in [2.75, 3.05) is 13.2 Å². The second kappa shape index (κ2) is 5.95. The first-order chi connectivity index (χ1) is 9.03. The summed E-state index contributed by atoms with van der Waals surface area (Å²) in [5.74, 6) is 0.886. The van der Waals surface area contributed by atoms with E-state index < -0.39 is 0 Å². The fourth-order valence-corrected chi connectivity index (χ4v) is 3.00. The Balaban J connectivity index is 1.67. The molecule has 0 aromatic carbocycles. The molecule has 0 unspecified atom stereocenters. The first-order valence-corrected chi connectivity index (χ1v) is 7.36. The zero-order chi connectivity index (χ0) is 13.9. The van der Waals surface area contributed by atoms with E-state index in [0.29, 0.717) is 11.3 Å². The number of aliphatic hydroxyl groups excluding tert-OH is 1. The predicted octanol–water partition coefficient (Wildman–Crippen LogP) is 2.05. The van der Waals surface area contributed by atoms with Gasteiger partial charge in [-0.1, -0.05) is 26.0 Å². The average Bonchev–Trinajstić information content (AvgIpc) is 2.95. The minimum absolute atomic E-state index is 0.0670. The quantitative estimate of drug-likeness (QED) is 0.644. The smallest absolute Gasteiger partial charge is 0.315 e. The number of hydrogen-bond donors (Lipinski definition) is 3. The number of aliphatic hydroxyl groups is 1. The van der Waals surface area contributed by atoms with Gasteiger partial charge in [0, 0.05) is 25.1 Å². The van der Waals surface area contributed by atoms with Gasteiger partial charge in [-0.05, 0) is 37.0 Å². The number of nitrogens with one attached hydrogen (secondary N) is 2. The molecule has 4 heteroatoms. The van der Waals surface area contributed by atoms with Gasteiger partial charge in [-0.2, -0.15) is 0 Å². The van der Waals surface area contributed by atoms with Gasteiger partial charge in [-0.15, -0.1) is 0 Å². The lowest BCUT2D eigenvalue weighted by Crippen LogP contribution is -2.43. The van der Waals surface area contributed by atoms with E-state index in [4.69, 9.17) is 5.11 Å². The van der Waals surface area contributed by atoms with Crippen LogP contribution < -0.4 is 10.6 Å². The number of amides is 2. The summed E-state index contributed by atoms with van der Waals surface area (Å²) in [6.07, 6.45) is 8.43. The predicted molar refractivity (Wildman–Crippen MR) is 75.8 cm³/mol. The molecule has 4 nitrogen and oxygen atoms in total.